The lowest BCUT2D eigenvalue weighted by Gasteiger charge is -2.13. The zero-order valence-corrected chi connectivity index (χ0v) is 10.9. The Kier molecular flexibility index (Phi) is 8.58. The van der Waals surface area contributed by atoms with E-state index in [2.05, 4.69) is 4.84 Å². The van der Waals surface area contributed by atoms with Crippen molar-refractivity contribution >= 4 is 35.1 Å². The minimum Gasteiger partial charge on any atom is -0.481 e. The quantitative estimate of drug-likeness (QED) is 0.564. The highest BCUT2D eigenvalue weighted by Gasteiger charge is 2.29. The Hall–Kier alpha value is -1.58. The van der Waals surface area contributed by atoms with Gasteiger partial charge in [0.15, 0.2) is 0 Å². The summed E-state index contributed by atoms with van der Waals surface area (Å²) in [5.41, 5.74) is 0. The molecule has 1 fully saturated rings. The first-order chi connectivity index (χ1) is 8.92. The van der Waals surface area contributed by atoms with Crippen LogP contribution < -0.4 is 0 Å². The molecule has 19 heavy (non-hydrogen) atoms. The minimum absolute atomic E-state index is 0.125. The Bertz CT molecular complexity index is 340. The van der Waals surface area contributed by atoms with Crippen LogP contribution in [0.15, 0.2) is 0 Å². The maximum absolute atomic E-state index is 11.1. The zero-order valence-electron chi connectivity index (χ0n) is 10.1. The van der Waals surface area contributed by atoms with Crippen molar-refractivity contribution in [1.29, 1.82) is 0 Å². The molecule has 0 aromatic heterocycles. The van der Waals surface area contributed by atoms with Crippen LogP contribution in [0.4, 0.5) is 0 Å². The highest BCUT2D eigenvalue weighted by Crippen LogP contribution is 2.14. The molecule has 1 amide bonds. The van der Waals surface area contributed by atoms with Gasteiger partial charge in [0, 0.05) is 12.8 Å². The van der Waals surface area contributed by atoms with Gasteiger partial charge < -0.3 is 20.2 Å². The number of nitrogens with zero attached hydrogens (tertiary/aromatic N) is 1. The third-order valence-corrected chi connectivity index (χ3v) is 2.21. The van der Waals surface area contributed by atoms with E-state index < -0.39 is 11.9 Å². The van der Waals surface area contributed by atoms with Crippen LogP contribution in [-0.4, -0.2) is 56.4 Å². The Morgan fingerprint density at radius 2 is 1.79 bits per heavy atom. The second-order valence-corrected chi connectivity index (χ2v) is 3.86. The molecule has 0 saturated carbocycles. The number of carbonyl (C=O) groups is 3. The highest BCUT2D eigenvalue weighted by atomic mass is 32.1. The first-order valence-electron chi connectivity index (χ1n) is 5.42. The number of carbonyl (C=O) groups excluding carboxylic acids is 2. The largest absolute Gasteiger partial charge is 0.481 e. The number of aliphatic hydroxyl groups excluding tert-OH is 2. The maximum atomic E-state index is 11.1. The van der Waals surface area contributed by atoms with Crippen LogP contribution in [0.5, 0.6) is 0 Å². The molecular formula is C10H15NO7S. The van der Waals surface area contributed by atoms with Gasteiger partial charge in [-0.05, 0) is 0 Å². The normalized spacial score (nSPS) is 13.9. The van der Waals surface area contributed by atoms with Crippen molar-refractivity contribution in [2.45, 2.75) is 25.7 Å². The van der Waals surface area contributed by atoms with Crippen LogP contribution in [-0.2, 0) is 19.2 Å². The van der Waals surface area contributed by atoms with Crippen molar-refractivity contribution in [2.75, 3.05) is 13.2 Å². The van der Waals surface area contributed by atoms with Crippen molar-refractivity contribution in [3.8, 4) is 0 Å². The molecule has 1 aliphatic heterocycles. The van der Waals surface area contributed by atoms with E-state index in [1.165, 1.54) is 0 Å². The zero-order chi connectivity index (χ0) is 14.8. The van der Waals surface area contributed by atoms with Gasteiger partial charge >= 0.3 is 11.9 Å². The molecule has 1 rings (SSSR count). The van der Waals surface area contributed by atoms with Gasteiger partial charge in [0.2, 0.25) is 0 Å². The lowest BCUT2D eigenvalue weighted by atomic mass is 10.3. The second kappa shape index (κ2) is 9.36. The molecular weight excluding hydrogens is 278 g/mol. The Balaban J connectivity index is 0.000000711. The van der Waals surface area contributed by atoms with E-state index >= 15 is 0 Å². The number of hydrogen-bond donors (Lipinski definition) is 3. The molecule has 108 valence electrons. The van der Waals surface area contributed by atoms with E-state index in [4.69, 9.17) is 27.5 Å². The van der Waals surface area contributed by atoms with E-state index in [0.717, 1.165) is 5.06 Å². The molecule has 1 heterocycles. The molecule has 9 heteroatoms. The Labute approximate surface area is 114 Å². The number of amides is 1. The minimum atomic E-state index is -1.10. The third-order valence-electron chi connectivity index (χ3n) is 1.84. The number of carboxylic acid groups (broad SMARTS) is 1. The van der Waals surface area contributed by atoms with Crippen molar-refractivity contribution in [2.24, 2.45) is 0 Å². The van der Waals surface area contributed by atoms with Crippen LogP contribution in [0.2, 0.25) is 0 Å². The van der Waals surface area contributed by atoms with Gasteiger partial charge in [0.25, 0.3) is 5.91 Å². The van der Waals surface area contributed by atoms with Gasteiger partial charge in [0.05, 0.1) is 26.1 Å². The van der Waals surface area contributed by atoms with Crippen molar-refractivity contribution in [3.63, 3.8) is 0 Å². The second-order valence-electron chi connectivity index (χ2n) is 3.39. The van der Waals surface area contributed by atoms with Gasteiger partial charge in [-0.2, -0.15) is 0 Å². The van der Waals surface area contributed by atoms with E-state index in [9.17, 15) is 14.4 Å². The number of aliphatic carboxylic acids is 1. The third kappa shape index (κ3) is 7.44. The van der Waals surface area contributed by atoms with Crippen LogP contribution in [0.3, 0.4) is 0 Å². The summed E-state index contributed by atoms with van der Waals surface area (Å²) >= 11 is 4.78. The summed E-state index contributed by atoms with van der Waals surface area (Å²) in [7, 11) is 0. The molecule has 0 radical (unpaired) electrons. The van der Waals surface area contributed by atoms with E-state index in [1.54, 1.807) is 0 Å². The average molecular weight is 293 g/mol. The molecule has 0 atom stereocenters. The van der Waals surface area contributed by atoms with Crippen LogP contribution in [0.25, 0.3) is 0 Å². The molecule has 0 aromatic carbocycles. The predicted octanol–water partition coefficient (Wildman–Crippen LogP) is -0.770. The highest BCUT2D eigenvalue weighted by molar-refractivity contribution is 7.80. The molecule has 0 bridgehead atoms. The number of carboxylic acids is 1. The topological polar surface area (TPSA) is 124 Å². The smallest absolute Gasteiger partial charge is 0.333 e. The Morgan fingerprint density at radius 3 is 2.16 bits per heavy atom. The molecule has 1 saturated heterocycles. The molecule has 1 aliphatic rings. The van der Waals surface area contributed by atoms with Gasteiger partial charge in [-0.1, -0.05) is 12.2 Å². The molecule has 0 unspecified atom stereocenters. The lowest BCUT2D eigenvalue weighted by Crippen LogP contribution is -2.31. The summed E-state index contributed by atoms with van der Waals surface area (Å²) in [5, 5.41) is 24.3. The maximum Gasteiger partial charge on any atom is 0.333 e. The summed E-state index contributed by atoms with van der Waals surface area (Å²) in [5.74, 6) is -2.24. The standard InChI is InChI=1S/C8H9NO5S.C2H6O2/c10-5-1-2-6(15)9(5)14-8(13)4-3-7(11)12;3-1-2-4/h1-4H2,(H,11,12);3-4H,1-2H2. The van der Waals surface area contributed by atoms with Crippen LogP contribution in [0.1, 0.15) is 25.7 Å². The van der Waals surface area contributed by atoms with E-state index in [1.807, 2.05) is 0 Å². The monoisotopic (exact) mass is 293 g/mol. The summed E-state index contributed by atoms with van der Waals surface area (Å²) in [6.45, 7) is -0.250. The van der Waals surface area contributed by atoms with Gasteiger partial charge in [0.1, 0.15) is 4.99 Å². The fraction of sp³-hybridized carbons (Fsp3) is 0.600. The fourth-order valence-corrected chi connectivity index (χ4v) is 1.26. The summed E-state index contributed by atoms with van der Waals surface area (Å²) in [6.07, 6.45) is 0.0147. The molecule has 3 N–H and O–H groups in total. The lowest BCUT2D eigenvalue weighted by molar-refractivity contribution is -0.180. The van der Waals surface area contributed by atoms with Gasteiger partial charge in [-0.25, -0.2) is 4.79 Å². The van der Waals surface area contributed by atoms with E-state index in [-0.39, 0.29) is 43.4 Å². The fourth-order valence-electron chi connectivity index (χ4n) is 1.01. The predicted molar refractivity (Wildman–Crippen MR) is 65.8 cm³/mol. The average Bonchev–Trinajstić information content (AvgIpc) is 2.68. The number of hydrogen-bond acceptors (Lipinski definition) is 7. The van der Waals surface area contributed by atoms with Crippen molar-refractivity contribution < 1.29 is 34.5 Å². The SMILES string of the molecule is O=C(O)CCC(=O)ON1C(=O)CCC1=S.OCCO. The molecule has 0 spiro atoms. The molecule has 8 nitrogen and oxygen atoms in total. The number of thiocarbonyl (C=S) groups is 1. The molecule has 0 aromatic rings. The summed E-state index contributed by atoms with van der Waals surface area (Å²) in [4.78, 5) is 37.2. The summed E-state index contributed by atoms with van der Waals surface area (Å²) in [6, 6.07) is 0. The Morgan fingerprint density at radius 1 is 1.21 bits per heavy atom. The number of aliphatic hydroxyl groups is 2. The van der Waals surface area contributed by atoms with Crippen LogP contribution >= 0.6 is 12.2 Å². The van der Waals surface area contributed by atoms with Crippen molar-refractivity contribution in [1.82, 2.24) is 5.06 Å². The number of rotatable bonds is 5. The number of hydroxylamine groups is 2. The van der Waals surface area contributed by atoms with Crippen molar-refractivity contribution in [3.05, 3.63) is 0 Å². The van der Waals surface area contributed by atoms with Gasteiger partial charge in [-0.3, -0.25) is 9.59 Å². The van der Waals surface area contributed by atoms with E-state index in [0.29, 0.717) is 6.42 Å². The summed E-state index contributed by atoms with van der Waals surface area (Å²) < 4.78 is 0. The van der Waals surface area contributed by atoms with Gasteiger partial charge in [-0.15, -0.1) is 5.06 Å². The molecule has 0 aliphatic carbocycles. The first kappa shape index (κ1) is 17.4. The van der Waals surface area contributed by atoms with Crippen LogP contribution in [0, 0.1) is 0 Å². The first-order valence-corrected chi connectivity index (χ1v) is 5.83.